The van der Waals surface area contributed by atoms with Crippen molar-refractivity contribution in [2.45, 2.75) is 33.2 Å². The summed E-state index contributed by atoms with van der Waals surface area (Å²) >= 11 is 1.63. The molecule has 0 radical (unpaired) electrons. The molecule has 0 aliphatic heterocycles. The van der Waals surface area contributed by atoms with Gasteiger partial charge in [-0.3, -0.25) is 0 Å². The van der Waals surface area contributed by atoms with Crippen molar-refractivity contribution in [1.82, 2.24) is 4.98 Å². The average molecular weight is 264 g/mol. The first-order valence-electron chi connectivity index (χ1n) is 5.92. The summed E-state index contributed by atoms with van der Waals surface area (Å²) in [5.41, 5.74) is 8.57. The molecule has 0 spiro atoms. The minimum absolute atomic E-state index is 0.229. The molecule has 0 aliphatic rings. The molecule has 1 unspecified atom stereocenters. The van der Waals surface area contributed by atoms with Crippen LogP contribution in [0.15, 0.2) is 18.2 Å². The van der Waals surface area contributed by atoms with E-state index in [1.165, 1.54) is 10.9 Å². The second-order valence-electron chi connectivity index (χ2n) is 4.58. The molecule has 1 aromatic carbocycles. The molecule has 4 heteroatoms. The number of halogens is 1. The Morgan fingerprint density at radius 3 is 2.61 bits per heavy atom. The Hall–Kier alpha value is -1.26. The third-order valence-electron chi connectivity index (χ3n) is 3.02. The first kappa shape index (κ1) is 13.2. The van der Waals surface area contributed by atoms with Gasteiger partial charge in [-0.25, -0.2) is 9.37 Å². The van der Waals surface area contributed by atoms with Gasteiger partial charge in [0.2, 0.25) is 0 Å². The van der Waals surface area contributed by atoms with Gasteiger partial charge in [0, 0.05) is 22.9 Å². The maximum Gasteiger partial charge on any atom is 0.128 e. The van der Waals surface area contributed by atoms with Gasteiger partial charge in [0.15, 0.2) is 0 Å². The third kappa shape index (κ3) is 2.76. The smallest absolute Gasteiger partial charge is 0.128 e. The molecule has 2 aromatic rings. The van der Waals surface area contributed by atoms with Gasteiger partial charge >= 0.3 is 0 Å². The summed E-state index contributed by atoms with van der Waals surface area (Å²) in [7, 11) is 0. The molecule has 0 aliphatic carbocycles. The van der Waals surface area contributed by atoms with E-state index in [0.717, 1.165) is 16.3 Å². The van der Waals surface area contributed by atoms with Crippen LogP contribution in [0.4, 0.5) is 4.39 Å². The van der Waals surface area contributed by atoms with E-state index in [4.69, 9.17) is 5.73 Å². The van der Waals surface area contributed by atoms with Crippen LogP contribution in [0.25, 0.3) is 0 Å². The van der Waals surface area contributed by atoms with Gasteiger partial charge < -0.3 is 5.73 Å². The number of hydrogen-bond acceptors (Lipinski definition) is 3. The minimum Gasteiger partial charge on any atom is -0.324 e. The van der Waals surface area contributed by atoms with Crippen LogP contribution >= 0.6 is 11.3 Å². The molecule has 0 saturated carbocycles. The normalized spacial score (nSPS) is 12.7. The second-order valence-corrected chi connectivity index (χ2v) is 5.87. The number of benzene rings is 1. The lowest BCUT2D eigenvalue weighted by Gasteiger charge is -2.11. The third-order valence-corrected chi connectivity index (χ3v) is 4.12. The molecular weight excluding hydrogens is 247 g/mol. The zero-order valence-electron chi connectivity index (χ0n) is 10.8. The van der Waals surface area contributed by atoms with Crippen molar-refractivity contribution in [2.75, 3.05) is 0 Å². The highest BCUT2D eigenvalue weighted by molar-refractivity contribution is 7.11. The Morgan fingerprint density at radius 1 is 1.33 bits per heavy atom. The van der Waals surface area contributed by atoms with E-state index in [9.17, 15) is 4.39 Å². The number of nitrogens with zero attached hydrogens (tertiary/aromatic N) is 1. The zero-order chi connectivity index (χ0) is 13.3. The Labute approximate surface area is 111 Å². The summed E-state index contributed by atoms with van der Waals surface area (Å²) in [5.74, 6) is -0.229. The van der Waals surface area contributed by atoms with Crippen molar-refractivity contribution in [1.29, 1.82) is 0 Å². The average Bonchev–Trinajstić information content (AvgIpc) is 2.57. The summed E-state index contributed by atoms with van der Waals surface area (Å²) < 4.78 is 13.8. The summed E-state index contributed by atoms with van der Waals surface area (Å²) in [6.07, 6.45) is 0.583. The monoisotopic (exact) mass is 264 g/mol. The first-order valence-corrected chi connectivity index (χ1v) is 6.73. The van der Waals surface area contributed by atoms with E-state index in [2.05, 4.69) is 4.98 Å². The fourth-order valence-corrected chi connectivity index (χ4v) is 2.85. The quantitative estimate of drug-likeness (QED) is 0.922. The lowest BCUT2D eigenvalue weighted by atomic mass is 10.0. The van der Waals surface area contributed by atoms with Crippen LogP contribution in [-0.2, 0) is 6.42 Å². The van der Waals surface area contributed by atoms with Crippen molar-refractivity contribution in [3.8, 4) is 0 Å². The molecule has 1 atom stereocenters. The summed E-state index contributed by atoms with van der Waals surface area (Å²) in [6, 6.07) is 4.84. The fraction of sp³-hybridized carbons (Fsp3) is 0.357. The van der Waals surface area contributed by atoms with Crippen molar-refractivity contribution >= 4 is 11.3 Å². The fourth-order valence-electron chi connectivity index (χ4n) is 1.86. The maximum absolute atomic E-state index is 13.8. The van der Waals surface area contributed by atoms with Gasteiger partial charge in [-0.2, -0.15) is 0 Å². The van der Waals surface area contributed by atoms with Crippen LogP contribution in [0.5, 0.6) is 0 Å². The minimum atomic E-state index is -0.337. The van der Waals surface area contributed by atoms with Gasteiger partial charge in [-0.05, 0) is 32.4 Å². The molecule has 2 nitrogen and oxygen atoms in total. The molecule has 0 saturated heterocycles. The molecule has 96 valence electrons. The summed E-state index contributed by atoms with van der Waals surface area (Å²) in [4.78, 5) is 5.63. The molecule has 2 rings (SSSR count). The van der Waals surface area contributed by atoms with Crippen molar-refractivity contribution in [3.05, 3.63) is 50.7 Å². The van der Waals surface area contributed by atoms with Gasteiger partial charge in [0.05, 0.1) is 10.7 Å². The summed E-state index contributed by atoms with van der Waals surface area (Å²) in [5, 5.41) is 0.970. The zero-order valence-corrected chi connectivity index (χ0v) is 11.6. The molecule has 18 heavy (non-hydrogen) atoms. The van der Waals surface area contributed by atoms with E-state index in [-0.39, 0.29) is 11.9 Å². The number of thiazole rings is 1. The van der Waals surface area contributed by atoms with Gasteiger partial charge in [0.25, 0.3) is 0 Å². The highest BCUT2D eigenvalue weighted by Gasteiger charge is 2.14. The second kappa shape index (κ2) is 5.16. The van der Waals surface area contributed by atoms with Crippen molar-refractivity contribution < 1.29 is 4.39 Å². The molecule has 0 fully saturated rings. The van der Waals surface area contributed by atoms with Crippen LogP contribution in [0, 0.1) is 26.6 Å². The Morgan fingerprint density at radius 2 is 2.06 bits per heavy atom. The number of aromatic nitrogens is 1. The predicted octanol–water partition coefficient (Wildman–Crippen LogP) is 3.45. The Bertz CT molecular complexity index is 543. The lowest BCUT2D eigenvalue weighted by molar-refractivity contribution is 0.579. The highest BCUT2D eigenvalue weighted by Crippen LogP contribution is 2.24. The standard InChI is InChI=1S/C14H17FN2S/c1-8-4-5-11(12(15)6-8)13(16)7-14-17-9(2)10(3)18-14/h4-6,13H,7,16H2,1-3H3. The largest absolute Gasteiger partial charge is 0.324 e. The first-order chi connectivity index (χ1) is 8.47. The molecule has 0 amide bonds. The number of nitrogens with two attached hydrogens (primary N) is 1. The Balaban J connectivity index is 2.19. The molecular formula is C14H17FN2S. The van der Waals surface area contributed by atoms with Crippen LogP contribution in [0.1, 0.15) is 32.7 Å². The number of rotatable bonds is 3. The van der Waals surface area contributed by atoms with E-state index < -0.39 is 0 Å². The lowest BCUT2D eigenvalue weighted by Crippen LogP contribution is -2.15. The van der Waals surface area contributed by atoms with E-state index in [1.54, 1.807) is 17.4 Å². The van der Waals surface area contributed by atoms with Crippen molar-refractivity contribution in [2.24, 2.45) is 5.73 Å². The predicted molar refractivity (Wildman–Crippen MR) is 73.4 cm³/mol. The van der Waals surface area contributed by atoms with Crippen LogP contribution in [-0.4, -0.2) is 4.98 Å². The van der Waals surface area contributed by atoms with Gasteiger partial charge in [-0.1, -0.05) is 12.1 Å². The highest BCUT2D eigenvalue weighted by atomic mass is 32.1. The molecule has 2 N–H and O–H groups in total. The van der Waals surface area contributed by atoms with Gasteiger partial charge in [0.1, 0.15) is 5.82 Å². The molecule has 0 bridgehead atoms. The van der Waals surface area contributed by atoms with E-state index in [0.29, 0.717) is 12.0 Å². The maximum atomic E-state index is 13.8. The topological polar surface area (TPSA) is 38.9 Å². The van der Waals surface area contributed by atoms with Crippen LogP contribution in [0.2, 0.25) is 0 Å². The number of aryl methyl sites for hydroxylation is 3. The number of hydrogen-bond donors (Lipinski definition) is 1. The molecule has 1 heterocycles. The van der Waals surface area contributed by atoms with E-state index >= 15 is 0 Å². The van der Waals surface area contributed by atoms with Gasteiger partial charge in [-0.15, -0.1) is 11.3 Å². The molecule has 1 aromatic heterocycles. The van der Waals surface area contributed by atoms with Crippen LogP contribution in [0.3, 0.4) is 0 Å². The van der Waals surface area contributed by atoms with Crippen LogP contribution < -0.4 is 5.73 Å². The van der Waals surface area contributed by atoms with Crippen molar-refractivity contribution in [3.63, 3.8) is 0 Å². The Kier molecular flexibility index (Phi) is 3.78. The van der Waals surface area contributed by atoms with E-state index in [1.807, 2.05) is 26.8 Å². The SMILES string of the molecule is Cc1ccc(C(N)Cc2nc(C)c(C)s2)c(F)c1. The summed E-state index contributed by atoms with van der Waals surface area (Å²) in [6.45, 7) is 5.88.